The highest BCUT2D eigenvalue weighted by Gasteiger charge is 2.54. The SMILES string of the molecule is CC/C=C\C/C=C\C/C=C\C/C=C\C/C=C\C/C=C\C/C=C\C/C=C\C/C=C\CCCCCCCCCCCCCC(=O)NC(COC1OC(CO)C(OC2OC(CO)C(OC3OC(CO)C(O)C(O)C3O)C(O)C2O)C(O)C1O)C(O)CCCCCCCCCCCCCCCCCCCCCCCCCCC. The van der Waals surface area contributed by atoms with E-state index < -0.39 is 124 Å². The fraction of sp³-hybridized carbons (Fsp3) is 0.789. The Morgan fingerprint density at radius 1 is 0.339 bits per heavy atom. The van der Waals surface area contributed by atoms with Crippen LogP contribution in [-0.4, -0.2) is 193 Å². The lowest BCUT2D eigenvalue weighted by Crippen LogP contribution is -2.66. The molecule has 3 heterocycles. The second-order valence-electron chi connectivity index (χ2n) is 30.6. The van der Waals surface area contributed by atoms with Crippen LogP contribution in [0.5, 0.6) is 0 Å². The summed E-state index contributed by atoms with van der Waals surface area (Å²) in [7, 11) is 0. The summed E-state index contributed by atoms with van der Waals surface area (Å²) in [5.41, 5.74) is 0. The first kappa shape index (κ1) is 99.6. The van der Waals surface area contributed by atoms with Gasteiger partial charge in [0.1, 0.15) is 73.2 Å². The Morgan fingerprint density at radius 3 is 0.991 bits per heavy atom. The molecule has 109 heavy (non-hydrogen) atoms. The van der Waals surface area contributed by atoms with Crippen molar-refractivity contribution >= 4 is 5.91 Å². The third-order valence-corrected chi connectivity index (χ3v) is 21.1. The van der Waals surface area contributed by atoms with Gasteiger partial charge in [0.15, 0.2) is 18.9 Å². The van der Waals surface area contributed by atoms with E-state index in [0.29, 0.717) is 12.8 Å². The fourth-order valence-corrected chi connectivity index (χ4v) is 14.2. The maximum absolute atomic E-state index is 13.5. The van der Waals surface area contributed by atoms with E-state index in [-0.39, 0.29) is 18.9 Å². The van der Waals surface area contributed by atoms with Crippen LogP contribution < -0.4 is 5.32 Å². The minimum Gasteiger partial charge on any atom is -0.394 e. The lowest BCUT2D eigenvalue weighted by atomic mass is 9.96. The quantitative estimate of drug-likeness (QED) is 0.0199. The van der Waals surface area contributed by atoms with E-state index >= 15 is 0 Å². The van der Waals surface area contributed by atoms with Crippen molar-refractivity contribution in [3.8, 4) is 0 Å². The van der Waals surface area contributed by atoms with Gasteiger partial charge >= 0.3 is 0 Å². The van der Waals surface area contributed by atoms with E-state index in [9.17, 15) is 61.0 Å². The van der Waals surface area contributed by atoms with Crippen molar-refractivity contribution in [2.24, 2.45) is 0 Å². The summed E-state index contributed by atoms with van der Waals surface area (Å²) >= 11 is 0. The van der Waals surface area contributed by atoms with Gasteiger partial charge in [-0.15, -0.1) is 0 Å². The van der Waals surface area contributed by atoms with Crippen LogP contribution in [0.4, 0.5) is 0 Å². The molecule has 3 aliphatic rings. The summed E-state index contributed by atoms with van der Waals surface area (Å²) in [6, 6.07) is -0.897. The Balaban J connectivity index is 1.33. The number of unbranched alkanes of at least 4 members (excludes halogenated alkanes) is 35. The molecule has 0 aromatic carbocycles. The van der Waals surface area contributed by atoms with Crippen LogP contribution in [0.3, 0.4) is 0 Å². The normalized spacial score (nSPS) is 25.8. The number of amides is 1. The van der Waals surface area contributed by atoms with Crippen molar-refractivity contribution in [1.82, 2.24) is 5.32 Å². The zero-order valence-electron chi connectivity index (χ0n) is 67.8. The lowest BCUT2D eigenvalue weighted by molar-refractivity contribution is -0.379. The van der Waals surface area contributed by atoms with Crippen molar-refractivity contribution in [3.63, 3.8) is 0 Å². The summed E-state index contributed by atoms with van der Waals surface area (Å²) in [5.74, 6) is -0.246. The number of rotatable bonds is 69. The van der Waals surface area contributed by atoms with Crippen LogP contribution in [0, 0.1) is 0 Å². The van der Waals surface area contributed by atoms with Crippen LogP contribution in [0.15, 0.2) is 109 Å². The topological polar surface area (TPSA) is 307 Å². The van der Waals surface area contributed by atoms with E-state index in [4.69, 9.17) is 28.4 Å². The average molecular weight is 1540 g/mol. The second-order valence-corrected chi connectivity index (χ2v) is 30.6. The third-order valence-electron chi connectivity index (χ3n) is 21.1. The first-order valence-electron chi connectivity index (χ1n) is 43.6. The summed E-state index contributed by atoms with van der Waals surface area (Å²) in [6.45, 7) is 1.72. The molecule has 3 fully saturated rings. The van der Waals surface area contributed by atoms with E-state index in [2.05, 4.69) is 129 Å². The monoisotopic (exact) mass is 1540 g/mol. The highest BCUT2D eigenvalue weighted by atomic mass is 16.8. The standard InChI is InChI=1S/C90H157NO18/c1-3-5-7-9-11-13-15-17-19-21-23-25-27-29-30-31-32-33-34-35-36-37-38-39-40-41-42-44-46-48-50-52-54-56-58-60-62-64-66-68-78(96)91-73(74(95)67-65-63-61-59-57-55-53-51-49-47-45-43-28-26-24-22-20-18-16-14-12-10-8-6-4-2)72-104-88-84(102)81(99)86(76(70-93)106-88)109-90-85(103)82(100)87(77(71-94)107-90)108-89-83(101)80(98)79(97)75(69-92)105-89/h5,7,11,13,17,19,23,25,29-30,32-33,35-36,38-39,41-42,73-77,79-90,92-95,97-103H,3-4,6,8-10,12,14-16,18,20-22,24,26-28,31,34,37,40,43-72H2,1-2H3,(H,91,96)/b7-5-,13-11-,19-17-,25-23-,30-29-,33-32-,36-35-,39-38-,42-41-. The van der Waals surface area contributed by atoms with E-state index in [1.54, 1.807) is 0 Å². The van der Waals surface area contributed by atoms with Crippen LogP contribution in [0.1, 0.15) is 322 Å². The molecule has 12 N–H and O–H groups in total. The Morgan fingerprint density at radius 2 is 0.633 bits per heavy atom. The number of nitrogens with one attached hydrogen (secondary N) is 1. The Kier molecular flexibility index (Phi) is 62.9. The van der Waals surface area contributed by atoms with Gasteiger partial charge in [0.25, 0.3) is 0 Å². The largest absolute Gasteiger partial charge is 0.394 e. The van der Waals surface area contributed by atoms with Gasteiger partial charge < -0.3 is 89.9 Å². The molecule has 17 atom stereocenters. The molecule has 0 aromatic heterocycles. The van der Waals surface area contributed by atoms with Crippen LogP contribution in [-0.2, 0) is 33.2 Å². The zero-order chi connectivity index (χ0) is 78.8. The second kappa shape index (κ2) is 68.8. The molecule has 19 heteroatoms. The van der Waals surface area contributed by atoms with Gasteiger partial charge in [-0.25, -0.2) is 0 Å². The number of aliphatic hydroxyl groups excluding tert-OH is 11. The van der Waals surface area contributed by atoms with Gasteiger partial charge in [0.05, 0.1) is 38.6 Å². The molecule has 19 nitrogen and oxygen atoms in total. The number of carbonyl (C=O) groups excluding carboxylic acids is 1. The van der Waals surface area contributed by atoms with Crippen molar-refractivity contribution < 1.29 is 89.4 Å². The van der Waals surface area contributed by atoms with E-state index in [1.807, 2.05) is 0 Å². The number of hydrogen-bond acceptors (Lipinski definition) is 18. The Labute approximate surface area is 659 Å². The molecule has 0 saturated carbocycles. The summed E-state index contributed by atoms with van der Waals surface area (Å²) in [5, 5.41) is 121. The molecular formula is C90H157NO18. The molecular weight excluding hydrogens is 1380 g/mol. The smallest absolute Gasteiger partial charge is 0.220 e. The number of allylic oxidation sites excluding steroid dienone is 18. The van der Waals surface area contributed by atoms with E-state index in [0.717, 1.165) is 116 Å². The molecule has 0 aliphatic carbocycles. The Bertz CT molecular complexity index is 2390. The zero-order valence-corrected chi connectivity index (χ0v) is 67.8. The van der Waals surface area contributed by atoms with Gasteiger partial charge in [-0.3, -0.25) is 4.79 Å². The van der Waals surface area contributed by atoms with Crippen LogP contribution in [0.2, 0.25) is 0 Å². The number of carbonyl (C=O) groups is 1. The predicted molar refractivity (Wildman–Crippen MR) is 438 cm³/mol. The molecule has 3 rings (SSSR count). The van der Waals surface area contributed by atoms with Crippen molar-refractivity contribution in [2.45, 2.75) is 426 Å². The molecule has 3 aliphatic heterocycles. The molecule has 3 saturated heterocycles. The molecule has 0 radical (unpaired) electrons. The number of hydrogen-bond donors (Lipinski definition) is 12. The number of aliphatic hydroxyl groups is 11. The minimum atomic E-state index is -1.98. The van der Waals surface area contributed by atoms with Gasteiger partial charge in [-0.2, -0.15) is 0 Å². The van der Waals surface area contributed by atoms with Gasteiger partial charge in [-0.1, -0.05) is 342 Å². The van der Waals surface area contributed by atoms with Crippen molar-refractivity contribution in [3.05, 3.63) is 109 Å². The highest BCUT2D eigenvalue weighted by molar-refractivity contribution is 5.76. The molecule has 0 aromatic rings. The third kappa shape index (κ3) is 47.8. The summed E-state index contributed by atoms with van der Waals surface area (Å²) in [6.07, 6.45) is 68.9. The fourth-order valence-electron chi connectivity index (χ4n) is 14.2. The molecule has 0 bridgehead atoms. The first-order chi connectivity index (χ1) is 53.3. The molecule has 17 unspecified atom stereocenters. The molecule has 0 spiro atoms. The highest BCUT2D eigenvalue weighted by Crippen LogP contribution is 2.33. The van der Waals surface area contributed by atoms with Crippen molar-refractivity contribution in [1.29, 1.82) is 0 Å². The summed E-state index contributed by atoms with van der Waals surface area (Å²) in [4.78, 5) is 13.5. The number of ether oxygens (including phenoxy) is 6. The predicted octanol–water partition coefficient (Wildman–Crippen LogP) is 16.1. The molecule has 1 amide bonds. The van der Waals surface area contributed by atoms with Gasteiger partial charge in [-0.05, 0) is 83.5 Å². The Hall–Kier alpha value is -3.55. The van der Waals surface area contributed by atoms with E-state index in [1.165, 1.54) is 173 Å². The maximum atomic E-state index is 13.5. The van der Waals surface area contributed by atoms with Gasteiger partial charge in [0.2, 0.25) is 5.91 Å². The van der Waals surface area contributed by atoms with Gasteiger partial charge in [0, 0.05) is 6.42 Å². The first-order valence-corrected chi connectivity index (χ1v) is 43.6. The maximum Gasteiger partial charge on any atom is 0.220 e. The summed E-state index contributed by atoms with van der Waals surface area (Å²) < 4.78 is 34.6. The van der Waals surface area contributed by atoms with Crippen LogP contribution >= 0.6 is 0 Å². The molecule has 630 valence electrons. The average Bonchev–Trinajstić information content (AvgIpc) is 0.759. The van der Waals surface area contributed by atoms with Crippen LogP contribution in [0.25, 0.3) is 0 Å². The minimum absolute atomic E-state index is 0.246. The van der Waals surface area contributed by atoms with Crippen molar-refractivity contribution in [2.75, 3.05) is 26.4 Å². The lowest BCUT2D eigenvalue weighted by Gasteiger charge is -2.48.